The molecule has 1 aromatic carbocycles. The minimum Gasteiger partial charge on any atom is -0.396 e. The van der Waals surface area contributed by atoms with E-state index in [-0.39, 0.29) is 18.3 Å². The zero-order valence-corrected chi connectivity index (χ0v) is 8.70. The van der Waals surface area contributed by atoms with Crippen molar-refractivity contribution in [2.75, 3.05) is 6.61 Å². The largest absolute Gasteiger partial charge is 0.396 e. The van der Waals surface area contributed by atoms with Crippen molar-refractivity contribution >= 4 is 0 Å². The Bertz CT molecular complexity index is 283. The number of aliphatic hydroxyl groups is 1. The number of hydrogen-bond donors (Lipinski definition) is 1. The Kier molecular flexibility index (Phi) is 4.08. The van der Waals surface area contributed by atoms with Crippen molar-refractivity contribution in [2.45, 2.75) is 26.2 Å². The third kappa shape index (κ3) is 2.81. The molecule has 0 amide bonds. The highest BCUT2D eigenvalue weighted by Crippen LogP contribution is 2.25. The SMILES string of the molecule is CC(C)CC(CO)c1ccccc1F. The fourth-order valence-corrected chi connectivity index (χ4v) is 1.68. The van der Waals surface area contributed by atoms with E-state index in [1.54, 1.807) is 18.2 Å². The van der Waals surface area contributed by atoms with E-state index in [2.05, 4.69) is 13.8 Å². The first-order chi connectivity index (χ1) is 6.65. The smallest absolute Gasteiger partial charge is 0.126 e. The van der Waals surface area contributed by atoms with Crippen molar-refractivity contribution in [1.82, 2.24) is 0 Å². The zero-order chi connectivity index (χ0) is 10.6. The lowest BCUT2D eigenvalue weighted by atomic mass is 9.91. The predicted octanol–water partition coefficient (Wildman–Crippen LogP) is 2.95. The van der Waals surface area contributed by atoms with Crippen LogP contribution in [0.15, 0.2) is 24.3 Å². The van der Waals surface area contributed by atoms with Crippen LogP contribution in [0.2, 0.25) is 0 Å². The Morgan fingerprint density at radius 3 is 2.43 bits per heavy atom. The van der Waals surface area contributed by atoms with Gasteiger partial charge in [-0.1, -0.05) is 32.0 Å². The van der Waals surface area contributed by atoms with E-state index in [1.807, 2.05) is 0 Å². The summed E-state index contributed by atoms with van der Waals surface area (Å²) in [6, 6.07) is 6.67. The second kappa shape index (κ2) is 5.11. The van der Waals surface area contributed by atoms with Crippen molar-refractivity contribution in [3.8, 4) is 0 Å². The molecule has 1 N–H and O–H groups in total. The molecule has 1 atom stereocenters. The third-order valence-corrected chi connectivity index (χ3v) is 2.32. The highest BCUT2D eigenvalue weighted by Gasteiger charge is 2.15. The Hall–Kier alpha value is -0.890. The van der Waals surface area contributed by atoms with E-state index >= 15 is 0 Å². The number of rotatable bonds is 4. The van der Waals surface area contributed by atoms with Crippen LogP contribution in [-0.4, -0.2) is 11.7 Å². The summed E-state index contributed by atoms with van der Waals surface area (Å²) in [5, 5.41) is 9.19. The van der Waals surface area contributed by atoms with E-state index in [4.69, 9.17) is 0 Å². The standard InChI is InChI=1S/C12H17FO/c1-9(2)7-10(8-14)11-5-3-4-6-12(11)13/h3-6,9-10,14H,7-8H2,1-2H3. The lowest BCUT2D eigenvalue weighted by Gasteiger charge is -2.17. The summed E-state index contributed by atoms with van der Waals surface area (Å²) in [6.07, 6.45) is 0.817. The van der Waals surface area contributed by atoms with Gasteiger partial charge in [0.05, 0.1) is 6.61 Å². The molecule has 2 heteroatoms. The molecule has 0 aliphatic carbocycles. The summed E-state index contributed by atoms with van der Waals surface area (Å²) in [6.45, 7) is 4.16. The van der Waals surface area contributed by atoms with Crippen LogP contribution in [0.25, 0.3) is 0 Å². The highest BCUT2D eigenvalue weighted by molar-refractivity contribution is 5.21. The van der Waals surface area contributed by atoms with Gasteiger partial charge in [0.25, 0.3) is 0 Å². The molecule has 0 fully saturated rings. The maximum absolute atomic E-state index is 13.4. The average molecular weight is 196 g/mol. The second-order valence-corrected chi connectivity index (χ2v) is 4.03. The van der Waals surface area contributed by atoms with Gasteiger partial charge in [0.1, 0.15) is 5.82 Å². The van der Waals surface area contributed by atoms with E-state index in [9.17, 15) is 9.50 Å². The summed E-state index contributed by atoms with van der Waals surface area (Å²) >= 11 is 0. The molecule has 0 spiro atoms. The van der Waals surface area contributed by atoms with Crippen LogP contribution in [0, 0.1) is 11.7 Å². The highest BCUT2D eigenvalue weighted by atomic mass is 19.1. The molecule has 0 radical (unpaired) electrons. The van der Waals surface area contributed by atoms with Crippen LogP contribution in [0.4, 0.5) is 4.39 Å². The van der Waals surface area contributed by atoms with Crippen LogP contribution >= 0.6 is 0 Å². The van der Waals surface area contributed by atoms with Crippen molar-refractivity contribution in [2.24, 2.45) is 5.92 Å². The summed E-state index contributed by atoms with van der Waals surface area (Å²) < 4.78 is 13.4. The molecule has 1 rings (SSSR count). The van der Waals surface area contributed by atoms with Crippen molar-refractivity contribution in [3.05, 3.63) is 35.6 Å². The Labute approximate surface area is 84.6 Å². The van der Waals surface area contributed by atoms with Gasteiger partial charge in [0.15, 0.2) is 0 Å². The number of benzene rings is 1. The molecule has 0 aromatic heterocycles. The molecule has 0 aliphatic heterocycles. The molecular formula is C12H17FO. The summed E-state index contributed by atoms with van der Waals surface area (Å²) in [5.74, 6) is 0.176. The van der Waals surface area contributed by atoms with Gasteiger partial charge in [-0.3, -0.25) is 0 Å². The van der Waals surface area contributed by atoms with Crippen LogP contribution in [0.3, 0.4) is 0 Å². The first kappa shape index (κ1) is 11.2. The molecule has 78 valence electrons. The fourth-order valence-electron chi connectivity index (χ4n) is 1.68. The van der Waals surface area contributed by atoms with Gasteiger partial charge in [-0.05, 0) is 24.0 Å². The minimum atomic E-state index is -0.216. The van der Waals surface area contributed by atoms with Gasteiger partial charge in [0, 0.05) is 5.92 Å². The van der Waals surface area contributed by atoms with E-state index in [0.29, 0.717) is 11.5 Å². The summed E-state index contributed by atoms with van der Waals surface area (Å²) in [5.41, 5.74) is 0.628. The van der Waals surface area contributed by atoms with Crippen molar-refractivity contribution in [3.63, 3.8) is 0 Å². The summed E-state index contributed by atoms with van der Waals surface area (Å²) in [7, 11) is 0. The third-order valence-electron chi connectivity index (χ3n) is 2.32. The van der Waals surface area contributed by atoms with Crippen LogP contribution < -0.4 is 0 Å². The van der Waals surface area contributed by atoms with Gasteiger partial charge < -0.3 is 5.11 Å². The molecular weight excluding hydrogens is 179 g/mol. The Balaban J connectivity index is 2.83. The van der Waals surface area contributed by atoms with Gasteiger partial charge in [0.2, 0.25) is 0 Å². The predicted molar refractivity (Wildman–Crippen MR) is 55.7 cm³/mol. The van der Waals surface area contributed by atoms with Gasteiger partial charge in [-0.2, -0.15) is 0 Å². The first-order valence-electron chi connectivity index (χ1n) is 5.00. The Morgan fingerprint density at radius 2 is 1.93 bits per heavy atom. The molecule has 0 heterocycles. The molecule has 0 saturated carbocycles. The molecule has 1 nitrogen and oxygen atoms in total. The van der Waals surface area contributed by atoms with Gasteiger partial charge in [-0.25, -0.2) is 4.39 Å². The zero-order valence-electron chi connectivity index (χ0n) is 8.70. The lowest BCUT2D eigenvalue weighted by molar-refractivity contribution is 0.246. The van der Waals surface area contributed by atoms with Crippen molar-refractivity contribution in [1.29, 1.82) is 0 Å². The maximum atomic E-state index is 13.4. The maximum Gasteiger partial charge on any atom is 0.126 e. The second-order valence-electron chi connectivity index (χ2n) is 4.03. The minimum absolute atomic E-state index is 0.0130. The molecule has 0 aliphatic rings. The van der Waals surface area contributed by atoms with E-state index in [1.165, 1.54) is 6.07 Å². The van der Waals surface area contributed by atoms with Gasteiger partial charge in [-0.15, -0.1) is 0 Å². The van der Waals surface area contributed by atoms with E-state index < -0.39 is 0 Å². The number of halogens is 1. The number of aliphatic hydroxyl groups excluding tert-OH is 1. The molecule has 1 unspecified atom stereocenters. The molecule has 1 aromatic rings. The lowest BCUT2D eigenvalue weighted by Crippen LogP contribution is -2.09. The monoisotopic (exact) mass is 196 g/mol. The van der Waals surface area contributed by atoms with Crippen LogP contribution in [0.1, 0.15) is 31.7 Å². The number of hydrogen-bond acceptors (Lipinski definition) is 1. The molecule has 14 heavy (non-hydrogen) atoms. The van der Waals surface area contributed by atoms with Crippen LogP contribution in [-0.2, 0) is 0 Å². The molecule has 0 bridgehead atoms. The van der Waals surface area contributed by atoms with Crippen molar-refractivity contribution < 1.29 is 9.50 Å². The van der Waals surface area contributed by atoms with E-state index in [0.717, 1.165) is 6.42 Å². The van der Waals surface area contributed by atoms with Crippen LogP contribution in [0.5, 0.6) is 0 Å². The normalized spacial score (nSPS) is 13.2. The fraction of sp³-hybridized carbons (Fsp3) is 0.500. The Morgan fingerprint density at radius 1 is 1.29 bits per heavy atom. The topological polar surface area (TPSA) is 20.2 Å². The summed E-state index contributed by atoms with van der Waals surface area (Å²) in [4.78, 5) is 0. The first-order valence-corrected chi connectivity index (χ1v) is 5.00. The quantitative estimate of drug-likeness (QED) is 0.785. The average Bonchev–Trinajstić information content (AvgIpc) is 2.15. The van der Waals surface area contributed by atoms with Gasteiger partial charge >= 0.3 is 0 Å². The molecule has 0 saturated heterocycles.